The molecule has 108 valence electrons. The quantitative estimate of drug-likeness (QED) is 0.649. The number of nitrogens with one attached hydrogen (secondary N) is 1. The smallest absolute Gasteiger partial charge is 0.354 e. The van der Waals surface area contributed by atoms with Gasteiger partial charge in [0.2, 0.25) is 5.91 Å². The summed E-state index contributed by atoms with van der Waals surface area (Å²) in [5, 5.41) is 11.7. The van der Waals surface area contributed by atoms with Gasteiger partial charge in [-0.2, -0.15) is 0 Å². The van der Waals surface area contributed by atoms with Gasteiger partial charge in [0.05, 0.1) is 11.4 Å². The first kappa shape index (κ1) is 15.3. The molecule has 2 aromatic rings. The lowest BCUT2D eigenvalue weighted by molar-refractivity contribution is -0.113. The first-order valence-corrected chi connectivity index (χ1v) is 7.15. The Bertz CT molecular complexity index is 681. The third-order valence-electron chi connectivity index (χ3n) is 2.35. The van der Waals surface area contributed by atoms with E-state index in [0.29, 0.717) is 10.6 Å². The van der Waals surface area contributed by atoms with Crippen molar-refractivity contribution in [3.8, 4) is 0 Å². The summed E-state index contributed by atoms with van der Waals surface area (Å²) in [5.74, 6) is -1.25. The first-order chi connectivity index (χ1) is 10.1. The van der Waals surface area contributed by atoms with Crippen molar-refractivity contribution in [3.05, 3.63) is 47.5 Å². The summed E-state index contributed by atoms with van der Waals surface area (Å²) in [6, 6.07) is 6.36. The van der Waals surface area contributed by atoms with Crippen molar-refractivity contribution in [1.82, 2.24) is 9.97 Å². The third-order valence-corrected chi connectivity index (χ3v) is 3.65. The van der Waals surface area contributed by atoms with E-state index in [1.54, 1.807) is 18.2 Å². The topological polar surface area (TPSA) is 92.2 Å². The van der Waals surface area contributed by atoms with Crippen molar-refractivity contribution in [2.45, 2.75) is 4.90 Å². The summed E-state index contributed by atoms with van der Waals surface area (Å²) in [6.07, 6.45) is 2.92. The van der Waals surface area contributed by atoms with Crippen LogP contribution in [0.2, 0.25) is 5.15 Å². The summed E-state index contributed by atoms with van der Waals surface area (Å²) in [5.41, 5.74) is 0.376. The molecule has 0 radical (unpaired) electrons. The number of nitrogens with zero attached hydrogens (tertiary/aromatic N) is 2. The molecule has 0 aliphatic rings. The van der Waals surface area contributed by atoms with Crippen molar-refractivity contribution >= 4 is 40.9 Å². The predicted octanol–water partition coefficient (Wildman–Crippen LogP) is 2.56. The number of aromatic carboxylic acids is 1. The molecular formula is C13H10ClN3O3S. The number of amides is 1. The number of carboxylic acids is 1. The van der Waals surface area contributed by atoms with Gasteiger partial charge >= 0.3 is 5.97 Å². The molecule has 0 bridgehead atoms. The molecule has 0 fully saturated rings. The Hall–Kier alpha value is -2.12. The SMILES string of the molecule is O=C(CSc1ccnc(C(=O)O)c1)Nc1cccnc1Cl. The molecule has 0 spiro atoms. The number of carbonyl (C=O) groups excluding carboxylic acids is 1. The minimum Gasteiger partial charge on any atom is -0.477 e. The molecule has 0 saturated carbocycles. The second-order valence-corrected chi connectivity index (χ2v) is 5.27. The van der Waals surface area contributed by atoms with Gasteiger partial charge in [-0.25, -0.2) is 14.8 Å². The highest BCUT2D eigenvalue weighted by Crippen LogP contribution is 2.20. The summed E-state index contributed by atoms with van der Waals surface area (Å²) in [4.78, 5) is 30.8. The first-order valence-electron chi connectivity index (χ1n) is 5.79. The van der Waals surface area contributed by atoms with Gasteiger partial charge in [-0.05, 0) is 24.3 Å². The zero-order chi connectivity index (χ0) is 15.2. The largest absolute Gasteiger partial charge is 0.477 e. The Morgan fingerprint density at radius 3 is 2.81 bits per heavy atom. The second-order valence-electron chi connectivity index (χ2n) is 3.86. The fraction of sp³-hybridized carbons (Fsp3) is 0.0769. The molecule has 0 aliphatic heterocycles. The molecule has 2 N–H and O–H groups in total. The van der Waals surface area contributed by atoms with Gasteiger partial charge in [0.25, 0.3) is 0 Å². The Morgan fingerprint density at radius 1 is 1.29 bits per heavy atom. The number of anilines is 1. The second kappa shape index (κ2) is 7.05. The molecule has 8 heteroatoms. The summed E-state index contributed by atoms with van der Waals surface area (Å²) < 4.78 is 0. The Labute approximate surface area is 129 Å². The van der Waals surface area contributed by atoms with E-state index in [1.807, 2.05) is 0 Å². The van der Waals surface area contributed by atoms with Crippen LogP contribution in [0.15, 0.2) is 41.6 Å². The number of pyridine rings is 2. The van der Waals surface area contributed by atoms with Gasteiger partial charge in [-0.3, -0.25) is 4.79 Å². The van der Waals surface area contributed by atoms with Crippen LogP contribution in [0.1, 0.15) is 10.5 Å². The summed E-state index contributed by atoms with van der Waals surface area (Å²) in [7, 11) is 0. The van der Waals surface area contributed by atoms with Crippen molar-refractivity contribution in [2.75, 3.05) is 11.1 Å². The number of carbonyl (C=O) groups is 2. The summed E-state index contributed by atoms with van der Waals surface area (Å²) in [6.45, 7) is 0. The average Bonchev–Trinajstić information content (AvgIpc) is 2.48. The summed E-state index contributed by atoms with van der Waals surface area (Å²) >= 11 is 7.04. The molecule has 2 rings (SSSR count). The van der Waals surface area contributed by atoms with Crippen LogP contribution in [0, 0.1) is 0 Å². The lowest BCUT2D eigenvalue weighted by Gasteiger charge is -2.06. The average molecular weight is 324 g/mol. The maximum Gasteiger partial charge on any atom is 0.354 e. The maximum atomic E-state index is 11.8. The molecule has 2 heterocycles. The number of carboxylic acid groups (broad SMARTS) is 1. The van der Waals surface area contributed by atoms with Crippen molar-refractivity contribution in [3.63, 3.8) is 0 Å². The Morgan fingerprint density at radius 2 is 2.10 bits per heavy atom. The zero-order valence-electron chi connectivity index (χ0n) is 10.6. The van der Waals surface area contributed by atoms with Gasteiger partial charge in [0, 0.05) is 17.3 Å². The molecule has 21 heavy (non-hydrogen) atoms. The minimum atomic E-state index is -1.11. The van der Waals surface area contributed by atoms with E-state index in [-0.39, 0.29) is 22.5 Å². The van der Waals surface area contributed by atoms with Crippen LogP contribution in [0.5, 0.6) is 0 Å². The third kappa shape index (κ3) is 4.44. The van der Waals surface area contributed by atoms with Gasteiger partial charge in [0.15, 0.2) is 5.15 Å². The van der Waals surface area contributed by atoms with Gasteiger partial charge in [0.1, 0.15) is 5.69 Å². The molecule has 0 aromatic carbocycles. The van der Waals surface area contributed by atoms with E-state index in [1.165, 1.54) is 30.2 Å². The van der Waals surface area contributed by atoms with Crippen LogP contribution in [-0.2, 0) is 4.79 Å². The number of hydrogen-bond donors (Lipinski definition) is 2. The van der Waals surface area contributed by atoms with Crippen LogP contribution in [-0.4, -0.2) is 32.7 Å². The number of aromatic nitrogens is 2. The van der Waals surface area contributed by atoms with Crippen LogP contribution in [0.25, 0.3) is 0 Å². The number of hydrogen-bond acceptors (Lipinski definition) is 5. The Kier molecular flexibility index (Phi) is 5.13. The normalized spacial score (nSPS) is 10.1. The predicted molar refractivity (Wildman–Crippen MR) is 79.8 cm³/mol. The van der Waals surface area contributed by atoms with Crippen LogP contribution < -0.4 is 5.32 Å². The number of thioether (sulfide) groups is 1. The highest BCUT2D eigenvalue weighted by Gasteiger charge is 2.09. The highest BCUT2D eigenvalue weighted by molar-refractivity contribution is 8.00. The van der Waals surface area contributed by atoms with Crippen molar-refractivity contribution in [2.24, 2.45) is 0 Å². The molecule has 0 aliphatic carbocycles. The molecule has 6 nitrogen and oxygen atoms in total. The molecule has 0 unspecified atom stereocenters. The van der Waals surface area contributed by atoms with E-state index < -0.39 is 5.97 Å². The molecule has 0 atom stereocenters. The number of halogens is 1. The van der Waals surface area contributed by atoms with Crippen molar-refractivity contribution in [1.29, 1.82) is 0 Å². The van der Waals surface area contributed by atoms with E-state index in [4.69, 9.17) is 16.7 Å². The highest BCUT2D eigenvalue weighted by atomic mass is 35.5. The monoisotopic (exact) mass is 323 g/mol. The Balaban J connectivity index is 1.94. The van der Waals surface area contributed by atoms with Gasteiger partial charge < -0.3 is 10.4 Å². The van der Waals surface area contributed by atoms with Gasteiger partial charge in [-0.1, -0.05) is 11.6 Å². The molecule has 1 amide bonds. The standard InChI is InChI=1S/C13H10ClN3O3S/c14-12-9(2-1-4-16-12)17-11(18)7-21-8-3-5-15-10(6-8)13(19)20/h1-6H,7H2,(H,17,18)(H,19,20). The van der Waals surface area contributed by atoms with Crippen LogP contribution in [0.3, 0.4) is 0 Å². The van der Waals surface area contributed by atoms with E-state index in [0.717, 1.165) is 0 Å². The maximum absolute atomic E-state index is 11.8. The van der Waals surface area contributed by atoms with E-state index in [2.05, 4.69) is 15.3 Å². The lowest BCUT2D eigenvalue weighted by atomic mass is 10.3. The minimum absolute atomic E-state index is 0.0595. The molecule has 0 saturated heterocycles. The van der Waals surface area contributed by atoms with E-state index >= 15 is 0 Å². The number of rotatable bonds is 5. The van der Waals surface area contributed by atoms with Crippen LogP contribution >= 0.6 is 23.4 Å². The molecule has 2 aromatic heterocycles. The zero-order valence-corrected chi connectivity index (χ0v) is 12.2. The van der Waals surface area contributed by atoms with E-state index in [9.17, 15) is 9.59 Å². The fourth-order valence-corrected chi connectivity index (χ4v) is 2.32. The van der Waals surface area contributed by atoms with Crippen molar-refractivity contribution < 1.29 is 14.7 Å². The lowest BCUT2D eigenvalue weighted by Crippen LogP contribution is -2.14. The fourth-order valence-electron chi connectivity index (χ4n) is 1.43. The molecular weight excluding hydrogens is 314 g/mol. The van der Waals surface area contributed by atoms with Gasteiger partial charge in [-0.15, -0.1) is 11.8 Å². The van der Waals surface area contributed by atoms with Crippen LogP contribution in [0.4, 0.5) is 5.69 Å².